The molecule has 2 heterocycles. The van der Waals surface area contributed by atoms with Gasteiger partial charge < -0.3 is 9.64 Å². The van der Waals surface area contributed by atoms with Crippen molar-refractivity contribution < 1.29 is 4.74 Å². The van der Waals surface area contributed by atoms with Gasteiger partial charge in [0, 0.05) is 31.3 Å². The molecule has 1 aliphatic heterocycles. The average molecular weight is 372 g/mol. The van der Waals surface area contributed by atoms with Crippen molar-refractivity contribution in [2.45, 2.75) is 31.7 Å². The van der Waals surface area contributed by atoms with E-state index in [0.717, 1.165) is 19.4 Å². The molecule has 1 aromatic heterocycles. The number of likely N-dealkylation sites (tertiary alicyclic amines) is 1. The Bertz CT molecular complexity index is 627. The van der Waals surface area contributed by atoms with Gasteiger partial charge in [0.2, 0.25) is 5.88 Å². The Morgan fingerprint density at radius 3 is 2.58 bits per heavy atom. The average Bonchev–Trinajstić information content (AvgIpc) is 2.70. The van der Waals surface area contributed by atoms with Gasteiger partial charge in [0.25, 0.3) is 0 Å². The molecule has 2 aromatic rings. The number of nitrogens with one attached hydrogen (secondary N) is 1. The topological polar surface area (TPSA) is 37.4 Å². The Morgan fingerprint density at radius 2 is 1.88 bits per heavy atom. The van der Waals surface area contributed by atoms with E-state index in [9.17, 15) is 0 Å². The second kappa shape index (κ2) is 10.6. The maximum absolute atomic E-state index is 5.76. The smallest absolute Gasteiger partial charge is 0.213 e. The summed E-state index contributed by atoms with van der Waals surface area (Å²) in [6.45, 7) is 4.15. The van der Waals surface area contributed by atoms with Crippen LogP contribution in [0.3, 0.4) is 0 Å². The summed E-state index contributed by atoms with van der Waals surface area (Å²) in [5.41, 5.74) is 2.57. The van der Waals surface area contributed by atoms with Crippen LogP contribution in [0, 0.1) is 0 Å². The molecule has 1 saturated heterocycles. The fraction of sp³-hybridized carbons (Fsp3) is 0.476. The number of aromatic nitrogens is 1. The summed E-state index contributed by atoms with van der Waals surface area (Å²) in [5, 5.41) is 0. The van der Waals surface area contributed by atoms with E-state index < -0.39 is 0 Å². The van der Waals surface area contributed by atoms with Crippen molar-refractivity contribution in [3.05, 3.63) is 59.8 Å². The van der Waals surface area contributed by atoms with E-state index in [-0.39, 0.29) is 0 Å². The summed E-state index contributed by atoms with van der Waals surface area (Å²) >= 11 is 1.74. The molecule has 0 aliphatic carbocycles. The van der Waals surface area contributed by atoms with E-state index in [0.29, 0.717) is 18.5 Å². The zero-order valence-corrected chi connectivity index (χ0v) is 16.4. The molecule has 4 nitrogen and oxygen atoms in total. The standard InChI is InChI=1S/C21H29N3OS/c1-26-23-20-10-14-24(15-11-20)13-9-19-7-8-21(22-17-19)25-16-12-18-5-3-2-4-6-18/h2-8,17,20,23H,9-16H2,1H3. The molecule has 140 valence electrons. The van der Waals surface area contributed by atoms with Crippen LogP contribution in [0.5, 0.6) is 5.88 Å². The summed E-state index contributed by atoms with van der Waals surface area (Å²) in [7, 11) is 0. The predicted molar refractivity (Wildman–Crippen MR) is 110 cm³/mol. The zero-order valence-electron chi connectivity index (χ0n) is 15.6. The zero-order chi connectivity index (χ0) is 18.0. The van der Waals surface area contributed by atoms with Gasteiger partial charge in [-0.2, -0.15) is 0 Å². The number of rotatable bonds is 9. The molecule has 1 aliphatic rings. The van der Waals surface area contributed by atoms with Gasteiger partial charge in [0.1, 0.15) is 0 Å². The molecule has 0 bridgehead atoms. The molecule has 1 N–H and O–H groups in total. The number of benzene rings is 1. The normalized spacial score (nSPS) is 15.9. The monoisotopic (exact) mass is 371 g/mol. The van der Waals surface area contributed by atoms with E-state index in [2.05, 4.69) is 51.2 Å². The fourth-order valence-corrected chi connectivity index (χ4v) is 3.86. The lowest BCUT2D eigenvalue weighted by molar-refractivity contribution is 0.211. The number of pyridine rings is 1. The highest BCUT2D eigenvalue weighted by Crippen LogP contribution is 2.14. The van der Waals surface area contributed by atoms with E-state index in [1.807, 2.05) is 18.3 Å². The van der Waals surface area contributed by atoms with Crippen molar-refractivity contribution >= 4 is 11.9 Å². The summed E-state index contributed by atoms with van der Waals surface area (Å²) < 4.78 is 9.24. The Balaban J connectivity index is 1.35. The molecular formula is C21H29N3OS. The van der Waals surface area contributed by atoms with E-state index >= 15 is 0 Å². The van der Waals surface area contributed by atoms with E-state index in [4.69, 9.17) is 4.74 Å². The minimum absolute atomic E-state index is 0.662. The van der Waals surface area contributed by atoms with Gasteiger partial charge in [-0.25, -0.2) is 4.98 Å². The third-order valence-corrected chi connectivity index (χ3v) is 5.44. The van der Waals surface area contributed by atoms with Crippen molar-refractivity contribution in [1.82, 2.24) is 14.6 Å². The molecular weight excluding hydrogens is 342 g/mol. The first-order valence-corrected chi connectivity index (χ1v) is 10.7. The Labute approximate surface area is 161 Å². The van der Waals surface area contributed by atoms with Gasteiger partial charge in [-0.3, -0.25) is 4.72 Å². The second-order valence-electron chi connectivity index (χ2n) is 6.78. The molecule has 0 atom stereocenters. The van der Waals surface area contributed by atoms with Crippen LogP contribution in [0.15, 0.2) is 48.7 Å². The SMILES string of the molecule is CSNC1CCN(CCc2ccc(OCCc3ccccc3)nc2)CC1. The minimum Gasteiger partial charge on any atom is -0.477 e. The lowest BCUT2D eigenvalue weighted by Crippen LogP contribution is -2.41. The predicted octanol–water partition coefficient (Wildman–Crippen LogP) is 3.58. The molecule has 0 spiro atoms. The quantitative estimate of drug-likeness (QED) is 0.682. The molecule has 1 fully saturated rings. The number of hydrogen-bond acceptors (Lipinski definition) is 5. The van der Waals surface area contributed by atoms with Crippen LogP contribution in [0.25, 0.3) is 0 Å². The van der Waals surface area contributed by atoms with Crippen LogP contribution in [0.1, 0.15) is 24.0 Å². The highest BCUT2D eigenvalue weighted by Gasteiger charge is 2.18. The number of piperidine rings is 1. The van der Waals surface area contributed by atoms with Crippen LogP contribution >= 0.6 is 11.9 Å². The number of hydrogen-bond donors (Lipinski definition) is 1. The molecule has 26 heavy (non-hydrogen) atoms. The second-order valence-corrected chi connectivity index (χ2v) is 7.42. The summed E-state index contributed by atoms with van der Waals surface area (Å²) in [4.78, 5) is 7.01. The summed E-state index contributed by atoms with van der Waals surface area (Å²) in [5.74, 6) is 0.716. The Kier molecular flexibility index (Phi) is 7.80. The van der Waals surface area contributed by atoms with Crippen LogP contribution in [0.4, 0.5) is 0 Å². The van der Waals surface area contributed by atoms with Gasteiger partial charge in [-0.1, -0.05) is 48.3 Å². The van der Waals surface area contributed by atoms with Crippen LogP contribution in [0.2, 0.25) is 0 Å². The summed E-state index contributed by atoms with van der Waals surface area (Å²) in [6, 6.07) is 15.2. The molecule has 1 aromatic carbocycles. The molecule has 3 rings (SSSR count). The third-order valence-electron chi connectivity index (χ3n) is 4.87. The summed E-state index contributed by atoms with van der Waals surface area (Å²) in [6.07, 6.45) is 8.51. The molecule has 5 heteroatoms. The van der Waals surface area contributed by atoms with Gasteiger partial charge in [-0.05, 0) is 49.7 Å². The van der Waals surface area contributed by atoms with E-state index in [1.54, 1.807) is 11.9 Å². The fourth-order valence-electron chi connectivity index (χ4n) is 3.29. The highest BCUT2D eigenvalue weighted by atomic mass is 32.2. The largest absolute Gasteiger partial charge is 0.477 e. The molecule has 0 radical (unpaired) electrons. The first-order chi connectivity index (χ1) is 12.8. The lowest BCUT2D eigenvalue weighted by Gasteiger charge is -2.31. The number of nitrogens with zero attached hydrogens (tertiary/aromatic N) is 2. The van der Waals surface area contributed by atoms with Crippen LogP contribution in [-0.4, -0.2) is 48.4 Å². The van der Waals surface area contributed by atoms with Crippen LogP contribution in [-0.2, 0) is 12.8 Å². The van der Waals surface area contributed by atoms with Crippen molar-refractivity contribution in [2.24, 2.45) is 0 Å². The van der Waals surface area contributed by atoms with E-state index in [1.165, 1.54) is 37.1 Å². The Hall–Kier alpha value is -1.56. The van der Waals surface area contributed by atoms with Crippen LogP contribution < -0.4 is 9.46 Å². The minimum atomic E-state index is 0.662. The lowest BCUT2D eigenvalue weighted by atomic mass is 10.1. The molecule has 0 amide bonds. The van der Waals surface area contributed by atoms with Crippen molar-refractivity contribution in [2.75, 3.05) is 32.5 Å². The van der Waals surface area contributed by atoms with Gasteiger partial charge in [0.05, 0.1) is 6.61 Å². The van der Waals surface area contributed by atoms with Crippen molar-refractivity contribution in [1.29, 1.82) is 0 Å². The first kappa shape index (κ1) is 19.2. The van der Waals surface area contributed by atoms with Gasteiger partial charge >= 0.3 is 0 Å². The highest BCUT2D eigenvalue weighted by molar-refractivity contribution is 7.96. The Morgan fingerprint density at radius 1 is 1.08 bits per heavy atom. The van der Waals surface area contributed by atoms with Crippen molar-refractivity contribution in [3.63, 3.8) is 0 Å². The maximum atomic E-state index is 5.76. The van der Waals surface area contributed by atoms with Crippen molar-refractivity contribution in [3.8, 4) is 5.88 Å². The molecule has 0 saturated carbocycles. The van der Waals surface area contributed by atoms with Gasteiger partial charge in [0.15, 0.2) is 0 Å². The maximum Gasteiger partial charge on any atom is 0.213 e. The first-order valence-electron chi connectivity index (χ1n) is 9.46. The number of ether oxygens (including phenoxy) is 1. The third kappa shape index (κ3) is 6.31. The molecule has 0 unspecified atom stereocenters. The van der Waals surface area contributed by atoms with Gasteiger partial charge in [-0.15, -0.1) is 0 Å².